The monoisotopic (exact) mass is 445 g/mol. The molecule has 158 valence electrons. The number of para-hydroxylation sites is 1. The second kappa shape index (κ2) is 7.08. The number of imide groups is 1. The smallest absolute Gasteiger partial charge is 0.266 e. The molecule has 2 heterocycles. The maximum absolute atomic E-state index is 14.2. The van der Waals surface area contributed by atoms with Gasteiger partial charge in [0, 0.05) is 18.4 Å². The van der Waals surface area contributed by atoms with Gasteiger partial charge in [-0.2, -0.15) is 5.26 Å². The number of ether oxygens (including phenoxy) is 1. The summed E-state index contributed by atoms with van der Waals surface area (Å²) in [5.41, 5.74) is 4.88. The van der Waals surface area contributed by atoms with Gasteiger partial charge in [0.05, 0.1) is 21.8 Å². The number of amides is 2. The molecule has 7 nitrogen and oxygen atoms in total. The lowest BCUT2D eigenvalue weighted by Gasteiger charge is -2.37. The summed E-state index contributed by atoms with van der Waals surface area (Å²) in [6.07, 6.45) is 1.15. The normalized spacial score (nSPS) is 21.9. The van der Waals surface area contributed by atoms with E-state index in [4.69, 9.17) is 22.1 Å². The van der Waals surface area contributed by atoms with Crippen molar-refractivity contribution in [1.29, 1.82) is 5.26 Å². The fraction of sp³-hybridized carbons (Fsp3) is 0.167. The van der Waals surface area contributed by atoms with E-state index >= 15 is 0 Å². The third kappa shape index (κ3) is 2.44. The summed E-state index contributed by atoms with van der Waals surface area (Å²) in [6.45, 7) is 0. The van der Waals surface area contributed by atoms with Crippen LogP contribution in [-0.2, 0) is 19.7 Å². The molecule has 2 aromatic carbocycles. The van der Waals surface area contributed by atoms with Crippen molar-refractivity contribution in [1.82, 2.24) is 0 Å². The third-order valence-electron chi connectivity index (χ3n) is 6.09. The number of benzene rings is 2. The first-order valence-corrected chi connectivity index (χ1v) is 10.4. The average Bonchev–Trinajstić information content (AvgIpc) is 3.03. The van der Waals surface area contributed by atoms with Crippen LogP contribution in [0.2, 0.25) is 5.02 Å². The van der Waals surface area contributed by atoms with Crippen LogP contribution in [0.1, 0.15) is 35.2 Å². The maximum Gasteiger partial charge on any atom is 0.266 e. The van der Waals surface area contributed by atoms with Crippen LogP contribution in [-0.4, -0.2) is 17.6 Å². The van der Waals surface area contributed by atoms with E-state index < -0.39 is 17.2 Å². The SMILES string of the molecule is N#CC1=C(N)OC2=C(C(=O)CCC2)C12C(=O)N(C(=O)c1ccccc1Cl)c1ccccc12. The molecule has 1 unspecified atom stereocenters. The Labute approximate surface area is 188 Å². The van der Waals surface area contributed by atoms with Crippen LogP contribution in [0.3, 0.4) is 0 Å². The van der Waals surface area contributed by atoms with Gasteiger partial charge in [0.2, 0.25) is 5.88 Å². The lowest BCUT2D eigenvalue weighted by Crippen LogP contribution is -2.50. The molecule has 0 saturated heterocycles. The van der Waals surface area contributed by atoms with Crippen LogP contribution in [0.5, 0.6) is 0 Å². The first kappa shape index (κ1) is 20.0. The summed E-state index contributed by atoms with van der Waals surface area (Å²) < 4.78 is 5.63. The van der Waals surface area contributed by atoms with Crippen molar-refractivity contribution < 1.29 is 19.1 Å². The zero-order valence-corrected chi connectivity index (χ0v) is 17.5. The van der Waals surface area contributed by atoms with E-state index in [1.165, 1.54) is 6.07 Å². The van der Waals surface area contributed by atoms with Crippen molar-refractivity contribution in [3.63, 3.8) is 0 Å². The fourth-order valence-corrected chi connectivity index (χ4v) is 5.00. The number of carbonyl (C=O) groups is 3. The largest absolute Gasteiger partial charge is 0.444 e. The fourth-order valence-electron chi connectivity index (χ4n) is 4.79. The molecule has 5 rings (SSSR count). The van der Waals surface area contributed by atoms with Crippen LogP contribution in [0.4, 0.5) is 5.69 Å². The molecule has 3 aliphatic rings. The molecule has 1 atom stereocenters. The van der Waals surface area contributed by atoms with Crippen molar-refractivity contribution >= 4 is 34.9 Å². The molecule has 2 amide bonds. The first-order valence-electron chi connectivity index (χ1n) is 10.0. The average molecular weight is 446 g/mol. The van der Waals surface area contributed by atoms with Gasteiger partial charge >= 0.3 is 0 Å². The van der Waals surface area contributed by atoms with Crippen LogP contribution < -0.4 is 10.6 Å². The van der Waals surface area contributed by atoms with Crippen molar-refractivity contribution in [2.24, 2.45) is 5.73 Å². The minimum absolute atomic E-state index is 0.0846. The lowest BCUT2D eigenvalue weighted by molar-refractivity contribution is -0.124. The Hall–Kier alpha value is -3.89. The second-order valence-electron chi connectivity index (χ2n) is 7.72. The van der Waals surface area contributed by atoms with E-state index in [0.717, 1.165) is 4.90 Å². The molecule has 0 bridgehead atoms. The van der Waals surface area contributed by atoms with Crippen molar-refractivity contribution in [3.05, 3.63) is 87.5 Å². The predicted octanol–water partition coefficient (Wildman–Crippen LogP) is 3.50. The number of hydrogen-bond donors (Lipinski definition) is 1. The van der Waals surface area contributed by atoms with Gasteiger partial charge in [0.25, 0.3) is 11.8 Å². The molecule has 8 heteroatoms. The summed E-state index contributed by atoms with van der Waals surface area (Å²) in [5, 5.41) is 10.2. The quantitative estimate of drug-likeness (QED) is 0.672. The number of nitrogens with two attached hydrogens (primary N) is 1. The van der Waals surface area contributed by atoms with Gasteiger partial charge in [-0.15, -0.1) is 0 Å². The molecule has 1 spiro atoms. The highest BCUT2D eigenvalue weighted by molar-refractivity contribution is 6.38. The van der Waals surface area contributed by atoms with E-state index in [1.54, 1.807) is 42.5 Å². The van der Waals surface area contributed by atoms with Crippen molar-refractivity contribution in [3.8, 4) is 6.07 Å². The van der Waals surface area contributed by atoms with Gasteiger partial charge in [-0.05, 0) is 24.6 Å². The van der Waals surface area contributed by atoms with Crippen LogP contribution in [0.25, 0.3) is 0 Å². The molecule has 2 N–H and O–H groups in total. The molecule has 2 aromatic rings. The topological polar surface area (TPSA) is 113 Å². The number of rotatable bonds is 1. The van der Waals surface area contributed by atoms with Gasteiger partial charge in [0.1, 0.15) is 22.8 Å². The Bertz CT molecular complexity index is 1340. The van der Waals surface area contributed by atoms with Crippen molar-refractivity contribution in [2.45, 2.75) is 24.7 Å². The highest BCUT2D eigenvalue weighted by atomic mass is 35.5. The molecule has 0 saturated carbocycles. The van der Waals surface area contributed by atoms with E-state index in [0.29, 0.717) is 18.4 Å². The van der Waals surface area contributed by atoms with Crippen molar-refractivity contribution in [2.75, 3.05) is 4.90 Å². The maximum atomic E-state index is 14.2. The second-order valence-corrected chi connectivity index (χ2v) is 8.13. The minimum Gasteiger partial charge on any atom is -0.444 e. The molecular formula is C24H16ClN3O4. The number of nitrogens with zero attached hydrogens (tertiary/aromatic N) is 2. The van der Waals surface area contributed by atoms with Gasteiger partial charge < -0.3 is 10.5 Å². The number of hydrogen-bond acceptors (Lipinski definition) is 6. The number of nitriles is 1. The molecule has 0 aromatic heterocycles. The van der Waals surface area contributed by atoms with Crippen LogP contribution in [0, 0.1) is 11.3 Å². The zero-order valence-electron chi connectivity index (χ0n) is 16.7. The van der Waals surface area contributed by atoms with E-state index in [9.17, 15) is 19.6 Å². The number of allylic oxidation sites excluding steroid dienone is 1. The minimum atomic E-state index is -1.84. The number of fused-ring (bicyclic) bond motifs is 3. The molecule has 0 radical (unpaired) electrons. The zero-order chi connectivity index (χ0) is 22.6. The van der Waals surface area contributed by atoms with E-state index in [2.05, 4.69) is 0 Å². The summed E-state index contributed by atoms with van der Waals surface area (Å²) in [5.74, 6) is -1.67. The summed E-state index contributed by atoms with van der Waals surface area (Å²) in [4.78, 5) is 41.8. The Balaban J connectivity index is 1.83. The highest BCUT2D eigenvalue weighted by Crippen LogP contribution is 2.55. The highest BCUT2D eigenvalue weighted by Gasteiger charge is 2.63. The Morgan fingerprint density at radius 3 is 2.59 bits per heavy atom. The lowest BCUT2D eigenvalue weighted by atomic mass is 9.65. The van der Waals surface area contributed by atoms with Gasteiger partial charge in [-0.25, -0.2) is 4.90 Å². The number of Topliss-reactive ketones (excluding diaryl/α,β-unsaturated/α-hetero) is 1. The summed E-state index contributed by atoms with van der Waals surface area (Å²) in [6, 6.07) is 15.0. The number of halogens is 1. The Morgan fingerprint density at radius 1 is 1.12 bits per heavy atom. The summed E-state index contributed by atoms with van der Waals surface area (Å²) in [7, 11) is 0. The van der Waals surface area contributed by atoms with E-state index in [-0.39, 0.29) is 51.3 Å². The first-order chi connectivity index (χ1) is 15.4. The molecule has 2 aliphatic heterocycles. The predicted molar refractivity (Wildman–Crippen MR) is 115 cm³/mol. The van der Waals surface area contributed by atoms with Gasteiger partial charge in [-0.1, -0.05) is 41.9 Å². The van der Waals surface area contributed by atoms with Gasteiger partial charge in [-0.3, -0.25) is 14.4 Å². The molecular weight excluding hydrogens is 430 g/mol. The number of anilines is 1. The van der Waals surface area contributed by atoms with Crippen LogP contribution in [0.15, 0.2) is 71.3 Å². The third-order valence-corrected chi connectivity index (χ3v) is 6.42. The Morgan fingerprint density at radius 2 is 1.84 bits per heavy atom. The van der Waals surface area contributed by atoms with E-state index in [1.807, 2.05) is 6.07 Å². The summed E-state index contributed by atoms with van der Waals surface area (Å²) >= 11 is 6.24. The van der Waals surface area contributed by atoms with Gasteiger partial charge in [0.15, 0.2) is 5.78 Å². The number of ketones is 1. The molecule has 0 fully saturated rings. The van der Waals surface area contributed by atoms with Crippen LogP contribution >= 0.6 is 11.6 Å². The molecule has 1 aliphatic carbocycles. The standard InChI is InChI=1S/C24H16ClN3O4/c25-16-8-3-1-6-13(16)22(30)28-17-9-4-2-7-14(17)24(23(28)31)15(12-26)21(27)32-19-11-5-10-18(29)20(19)24/h1-4,6-9H,5,10-11,27H2. The Kier molecular flexibility index (Phi) is 4.43. The molecule has 32 heavy (non-hydrogen) atoms. The number of carbonyl (C=O) groups excluding carboxylic acids is 3.